The van der Waals surface area contributed by atoms with E-state index in [0.29, 0.717) is 12.1 Å². The lowest BCUT2D eigenvalue weighted by molar-refractivity contribution is 0.308. The summed E-state index contributed by atoms with van der Waals surface area (Å²) in [6, 6.07) is 20.1. The highest BCUT2D eigenvalue weighted by Gasteiger charge is 2.23. The SMILES string of the molecule is CN1CCc2c(c(Nc3ccccc3)nn2Cc2ccc(C#N)cc2)C1. The molecule has 2 heterocycles. The number of nitriles is 1. The lowest BCUT2D eigenvalue weighted by atomic mass is 10.1. The van der Waals surface area contributed by atoms with Gasteiger partial charge in [-0.25, -0.2) is 0 Å². The van der Waals surface area contributed by atoms with Crippen molar-refractivity contribution in [3.63, 3.8) is 0 Å². The number of nitrogens with one attached hydrogen (secondary N) is 1. The third-order valence-electron chi connectivity index (χ3n) is 4.78. The number of aromatic nitrogens is 2. The van der Waals surface area contributed by atoms with E-state index in [2.05, 4.69) is 40.1 Å². The van der Waals surface area contributed by atoms with Gasteiger partial charge in [0.05, 0.1) is 18.2 Å². The highest BCUT2D eigenvalue weighted by atomic mass is 15.3. The van der Waals surface area contributed by atoms with Crippen LogP contribution >= 0.6 is 0 Å². The van der Waals surface area contributed by atoms with Crippen molar-refractivity contribution in [2.24, 2.45) is 0 Å². The molecule has 1 aliphatic heterocycles. The Kier molecular flexibility index (Phi) is 4.42. The molecule has 5 heteroatoms. The number of anilines is 2. The van der Waals surface area contributed by atoms with Crippen LogP contribution in [-0.2, 0) is 19.5 Å². The number of rotatable bonds is 4. The molecule has 130 valence electrons. The van der Waals surface area contributed by atoms with E-state index in [4.69, 9.17) is 10.4 Å². The molecule has 0 spiro atoms. The molecule has 0 bridgehead atoms. The molecule has 0 saturated heterocycles. The molecule has 4 rings (SSSR count). The third-order valence-corrected chi connectivity index (χ3v) is 4.78. The van der Waals surface area contributed by atoms with E-state index < -0.39 is 0 Å². The summed E-state index contributed by atoms with van der Waals surface area (Å²) in [6.07, 6.45) is 0.992. The second-order valence-electron chi connectivity index (χ2n) is 6.72. The number of likely N-dealkylation sites (N-methyl/N-ethyl adjacent to an activating group) is 1. The van der Waals surface area contributed by atoms with Crippen molar-refractivity contribution < 1.29 is 0 Å². The summed E-state index contributed by atoms with van der Waals surface area (Å²) in [5, 5.41) is 17.3. The van der Waals surface area contributed by atoms with Gasteiger partial charge in [-0.15, -0.1) is 0 Å². The summed E-state index contributed by atoms with van der Waals surface area (Å²) in [6.45, 7) is 2.66. The maximum atomic E-state index is 8.96. The van der Waals surface area contributed by atoms with Gasteiger partial charge in [0.25, 0.3) is 0 Å². The minimum absolute atomic E-state index is 0.685. The number of hydrogen-bond donors (Lipinski definition) is 1. The summed E-state index contributed by atoms with van der Waals surface area (Å²) in [5.74, 6) is 0.936. The lowest BCUT2D eigenvalue weighted by Gasteiger charge is -2.23. The molecular weight excluding hydrogens is 322 g/mol. The number of hydrogen-bond acceptors (Lipinski definition) is 4. The molecular formula is C21H21N5. The van der Waals surface area contributed by atoms with Crippen molar-refractivity contribution >= 4 is 11.5 Å². The monoisotopic (exact) mass is 343 g/mol. The van der Waals surface area contributed by atoms with Gasteiger partial charge in [0, 0.05) is 36.5 Å². The fraction of sp³-hybridized carbons (Fsp3) is 0.238. The minimum Gasteiger partial charge on any atom is -0.338 e. The summed E-state index contributed by atoms with van der Waals surface area (Å²) >= 11 is 0. The van der Waals surface area contributed by atoms with E-state index >= 15 is 0 Å². The van der Waals surface area contributed by atoms with Crippen LogP contribution in [0, 0.1) is 11.3 Å². The van der Waals surface area contributed by atoms with Gasteiger partial charge >= 0.3 is 0 Å². The Labute approximate surface area is 153 Å². The van der Waals surface area contributed by atoms with Crippen molar-refractivity contribution in [2.75, 3.05) is 18.9 Å². The molecule has 0 fully saturated rings. The normalized spacial score (nSPS) is 13.8. The maximum Gasteiger partial charge on any atom is 0.157 e. The molecule has 0 aliphatic carbocycles. The Morgan fingerprint density at radius 3 is 2.62 bits per heavy atom. The summed E-state index contributed by atoms with van der Waals surface area (Å²) in [5.41, 5.74) is 5.46. The molecule has 1 aromatic heterocycles. The van der Waals surface area contributed by atoms with Gasteiger partial charge in [0.1, 0.15) is 0 Å². The van der Waals surface area contributed by atoms with Crippen LogP contribution in [0.4, 0.5) is 11.5 Å². The van der Waals surface area contributed by atoms with Crippen LogP contribution in [0.15, 0.2) is 54.6 Å². The van der Waals surface area contributed by atoms with Crippen molar-refractivity contribution in [1.29, 1.82) is 5.26 Å². The largest absolute Gasteiger partial charge is 0.338 e. The van der Waals surface area contributed by atoms with E-state index in [1.165, 1.54) is 11.3 Å². The van der Waals surface area contributed by atoms with Gasteiger partial charge in [0.15, 0.2) is 5.82 Å². The predicted molar refractivity (Wildman–Crippen MR) is 102 cm³/mol. The Hall–Kier alpha value is -3.10. The molecule has 2 aromatic carbocycles. The fourth-order valence-corrected chi connectivity index (χ4v) is 3.37. The predicted octanol–water partition coefficient (Wildman–Crippen LogP) is 3.53. The van der Waals surface area contributed by atoms with Crippen LogP contribution in [0.1, 0.15) is 22.4 Å². The topological polar surface area (TPSA) is 56.9 Å². The molecule has 0 atom stereocenters. The zero-order chi connectivity index (χ0) is 17.9. The van der Waals surface area contributed by atoms with Crippen LogP contribution < -0.4 is 5.32 Å². The highest BCUT2D eigenvalue weighted by Crippen LogP contribution is 2.28. The average molecular weight is 343 g/mol. The van der Waals surface area contributed by atoms with Gasteiger partial charge in [-0.2, -0.15) is 10.4 Å². The maximum absolute atomic E-state index is 8.96. The molecule has 3 aromatic rings. The van der Waals surface area contributed by atoms with Crippen LogP contribution in [0.5, 0.6) is 0 Å². The van der Waals surface area contributed by atoms with Crippen molar-refractivity contribution in [2.45, 2.75) is 19.5 Å². The molecule has 0 unspecified atom stereocenters. The standard InChI is InChI=1S/C21H21N5/c1-25-12-11-20-19(15-25)21(23-18-5-3-2-4-6-18)24-26(20)14-17-9-7-16(13-22)8-10-17/h2-10H,11-12,14-15H2,1H3,(H,23,24). The van der Waals surface area contributed by atoms with E-state index in [1.54, 1.807) is 0 Å². The van der Waals surface area contributed by atoms with Gasteiger partial charge in [-0.3, -0.25) is 4.68 Å². The van der Waals surface area contributed by atoms with Gasteiger partial charge in [0.2, 0.25) is 0 Å². The van der Waals surface area contributed by atoms with Crippen molar-refractivity contribution in [1.82, 2.24) is 14.7 Å². The average Bonchev–Trinajstić information content (AvgIpc) is 2.99. The summed E-state index contributed by atoms with van der Waals surface area (Å²) in [4.78, 5) is 2.33. The molecule has 26 heavy (non-hydrogen) atoms. The summed E-state index contributed by atoms with van der Waals surface area (Å²) in [7, 11) is 2.15. The second-order valence-corrected chi connectivity index (χ2v) is 6.72. The van der Waals surface area contributed by atoms with E-state index in [1.807, 2.05) is 42.5 Å². The number of para-hydroxylation sites is 1. The Morgan fingerprint density at radius 1 is 1.12 bits per heavy atom. The van der Waals surface area contributed by atoms with Crippen LogP contribution in [0.3, 0.4) is 0 Å². The van der Waals surface area contributed by atoms with E-state index in [0.717, 1.165) is 36.6 Å². The molecule has 1 N–H and O–H groups in total. The number of benzene rings is 2. The molecule has 0 saturated carbocycles. The van der Waals surface area contributed by atoms with Crippen molar-refractivity contribution in [3.8, 4) is 6.07 Å². The third kappa shape index (κ3) is 3.32. The molecule has 5 nitrogen and oxygen atoms in total. The molecule has 0 radical (unpaired) electrons. The van der Waals surface area contributed by atoms with Crippen LogP contribution in [0.2, 0.25) is 0 Å². The first-order chi connectivity index (χ1) is 12.7. The van der Waals surface area contributed by atoms with Crippen molar-refractivity contribution in [3.05, 3.63) is 77.0 Å². The zero-order valence-electron chi connectivity index (χ0n) is 14.8. The lowest BCUT2D eigenvalue weighted by Crippen LogP contribution is -2.27. The molecule has 1 aliphatic rings. The Bertz CT molecular complexity index is 935. The first-order valence-electron chi connectivity index (χ1n) is 8.81. The first-order valence-corrected chi connectivity index (χ1v) is 8.81. The highest BCUT2D eigenvalue weighted by molar-refractivity contribution is 5.60. The Morgan fingerprint density at radius 2 is 1.88 bits per heavy atom. The first kappa shape index (κ1) is 16.4. The van der Waals surface area contributed by atoms with E-state index in [-0.39, 0.29) is 0 Å². The number of nitrogens with zero attached hydrogens (tertiary/aromatic N) is 4. The van der Waals surface area contributed by atoms with Crippen LogP contribution in [0.25, 0.3) is 0 Å². The van der Waals surface area contributed by atoms with Gasteiger partial charge < -0.3 is 10.2 Å². The van der Waals surface area contributed by atoms with Gasteiger partial charge in [-0.1, -0.05) is 30.3 Å². The fourth-order valence-electron chi connectivity index (χ4n) is 3.37. The smallest absolute Gasteiger partial charge is 0.157 e. The zero-order valence-corrected chi connectivity index (χ0v) is 14.8. The molecule has 0 amide bonds. The Balaban J connectivity index is 1.66. The van der Waals surface area contributed by atoms with Crippen LogP contribution in [-0.4, -0.2) is 28.3 Å². The van der Waals surface area contributed by atoms with E-state index in [9.17, 15) is 0 Å². The quantitative estimate of drug-likeness (QED) is 0.787. The summed E-state index contributed by atoms with van der Waals surface area (Å²) < 4.78 is 2.11. The van der Waals surface area contributed by atoms with Gasteiger partial charge in [-0.05, 0) is 36.9 Å². The minimum atomic E-state index is 0.685. The number of fused-ring (bicyclic) bond motifs is 1. The second kappa shape index (κ2) is 7.03.